The molecule has 0 heterocycles. The van der Waals surface area contributed by atoms with Crippen LogP contribution in [0.5, 0.6) is 11.5 Å². The van der Waals surface area contributed by atoms with Gasteiger partial charge in [0.15, 0.2) is 11.5 Å². The van der Waals surface area contributed by atoms with E-state index < -0.39 is 0 Å². The second-order valence-corrected chi connectivity index (χ2v) is 5.07. The van der Waals surface area contributed by atoms with Gasteiger partial charge < -0.3 is 14.7 Å². The molecule has 0 aliphatic carbocycles. The fourth-order valence-corrected chi connectivity index (χ4v) is 2.27. The van der Waals surface area contributed by atoms with E-state index in [1.165, 1.54) is 19.4 Å². The third-order valence-corrected chi connectivity index (χ3v) is 3.25. The SMILES string of the molecule is COc1cc(Br)cc(C=NO)c1OCc1ccccc1F. The highest BCUT2D eigenvalue weighted by atomic mass is 79.9. The Bertz CT molecular complexity index is 661. The van der Waals surface area contributed by atoms with Gasteiger partial charge >= 0.3 is 0 Å². The molecule has 0 aliphatic heterocycles. The third kappa shape index (κ3) is 3.72. The maximum atomic E-state index is 13.6. The van der Waals surface area contributed by atoms with E-state index in [4.69, 9.17) is 14.7 Å². The molecule has 0 bridgehead atoms. The highest BCUT2D eigenvalue weighted by Gasteiger charge is 2.13. The van der Waals surface area contributed by atoms with Gasteiger partial charge in [0.1, 0.15) is 12.4 Å². The summed E-state index contributed by atoms with van der Waals surface area (Å²) >= 11 is 3.33. The first-order valence-corrected chi connectivity index (χ1v) is 6.86. The zero-order valence-corrected chi connectivity index (χ0v) is 12.8. The number of rotatable bonds is 5. The second kappa shape index (κ2) is 7.08. The maximum absolute atomic E-state index is 13.6. The van der Waals surface area contributed by atoms with Crippen LogP contribution in [-0.2, 0) is 6.61 Å². The van der Waals surface area contributed by atoms with Crippen LogP contribution in [0.25, 0.3) is 0 Å². The van der Waals surface area contributed by atoms with E-state index in [-0.39, 0.29) is 12.4 Å². The van der Waals surface area contributed by atoms with Gasteiger partial charge in [-0.1, -0.05) is 39.3 Å². The Balaban J connectivity index is 2.32. The Morgan fingerprint density at radius 1 is 1.33 bits per heavy atom. The Labute approximate surface area is 129 Å². The average molecular weight is 354 g/mol. The molecule has 2 aromatic carbocycles. The molecule has 0 aliphatic rings. The van der Waals surface area contributed by atoms with Gasteiger partial charge in [0.05, 0.1) is 13.3 Å². The van der Waals surface area contributed by atoms with Gasteiger partial charge in [-0.2, -0.15) is 0 Å². The minimum Gasteiger partial charge on any atom is -0.493 e. The van der Waals surface area contributed by atoms with Crippen LogP contribution >= 0.6 is 15.9 Å². The molecule has 0 saturated carbocycles. The van der Waals surface area contributed by atoms with E-state index in [0.717, 1.165) is 4.47 Å². The van der Waals surface area contributed by atoms with Crippen molar-refractivity contribution in [2.45, 2.75) is 6.61 Å². The number of hydrogen-bond donors (Lipinski definition) is 1. The van der Waals surface area contributed by atoms with Crippen molar-refractivity contribution >= 4 is 22.1 Å². The standard InChI is InChI=1S/C15H13BrFNO3/c1-20-14-7-12(16)6-11(8-18-19)15(14)21-9-10-4-2-3-5-13(10)17/h2-8,19H,9H2,1H3. The van der Waals surface area contributed by atoms with Crippen molar-refractivity contribution < 1.29 is 19.1 Å². The summed E-state index contributed by atoms with van der Waals surface area (Å²) < 4.78 is 25.2. The summed E-state index contributed by atoms with van der Waals surface area (Å²) in [5.74, 6) is 0.489. The molecule has 2 aromatic rings. The molecule has 0 unspecified atom stereocenters. The van der Waals surface area contributed by atoms with Crippen molar-refractivity contribution in [1.82, 2.24) is 0 Å². The lowest BCUT2D eigenvalue weighted by Gasteiger charge is -2.14. The molecule has 0 spiro atoms. The first-order chi connectivity index (χ1) is 10.2. The van der Waals surface area contributed by atoms with Gasteiger partial charge in [-0.05, 0) is 18.2 Å². The largest absolute Gasteiger partial charge is 0.493 e. The van der Waals surface area contributed by atoms with Crippen molar-refractivity contribution in [3.8, 4) is 11.5 Å². The van der Waals surface area contributed by atoms with E-state index in [2.05, 4.69) is 21.1 Å². The van der Waals surface area contributed by atoms with Gasteiger partial charge in [-0.25, -0.2) is 4.39 Å². The molecule has 0 atom stereocenters. The van der Waals surface area contributed by atoms with Crippen LogP contribution in [0, 0.1) is 5.82 Å². The summed E-state index contributed by atoms with van der Waals surface area (Å²) in [5.41, 5.74) is 0.939. The molecule has 1 N–H and O–H groups in total. The van der Waals surface area contributed by atoms with Gasteiger partial charge in [0, 0.05) is 15.6 Å². The van der Waals surface area contributed by atoms with E-state index >= 15 is 0 Å². The summed E-state index contributed by atoms with van der Waals surface area (Å²) in [6.45, 7) is 0.0386. The van der Waals surface area contributed by atoms with Crippen molar-refractivity contribution in [2.75, 3.05) is 7.11 Å². The lowest BCUT2D eigenvalue weighted by molar-refractivity contribution is 0.278. The minimum atomic E-state index is -0.342. The van der Waals surface area contributed by atoms with Crippen LogP contribution in [-0.4, -0.2) is 18.5 Å². The number of ether oxygens (including phenoxy) is 2. The van der Waals surface area contributed by atoms with Crippen molar-refractivity contribution in [1.29, 1.82) is 0 Å². The van der Waals surface area contributed by atoms with Crippen LogP contribution in [0.1, 0.15) is 11.1 Å². The number of oxime groups is 1. The molecule has 21 heavy (non-hydrogen) atoms. The normalized spacial score (nSPS) is 10.8. The lowest BCUT2D eigenvalue weighted by Crippen LogP contribution is -2.02. The number of methoxy groups -OCH3 is 1. The van der Waals surface area contributed by atoms with Crippen LogP contribution in [0.2, 0.25) is 0 Å². The third-order valence-electron chi connectivity index (χ3n) is 2.79. The first-order valence-electron chi connectivity index (χ1n) is 6.07. The zero-order valence-electron chi connectivity index (χ0n) is 11.2. The van der Waals surface area contributed by atoms with Gasteiger partial charge in [-0.3, -0.25) is 0 Å². The van der Waals surface area contributed by atoms with E-state index in [9.17, 15) is 4.39 Å². The average Bonchev–Trinajstić information content (AvgIpc) is 2.47. The smallest absolute Gasteiger partial charge is 0.170 e. The highest BCUT2D eigenvalue weighted by molar-refractivity contribution is 9.10. The molecule has 0 saturated heterocycles. The number of benzene rings is 2. The topological polar surface area (TPSA) is 51.0 Å². The molecule has 0 radical (unpaired) electrons. The molecule has 0 fully saturated rings. The summed E-state index contributed by atoms with van der Waals surface area (Å²) in [7, 11) is 1.50. The quantitative estimate of drug-likeness (QED) is 0.502. The summed E-state index contributed by atoms with van der Waals surface area (Å²) in [6.07, 6.45) is 1.23. The molecular formula is C15H13BrFNO3. The van der Waals surface area contributed by atoms with Gasteiger partial charge in [-0.15, -0.1) is 0 Å². The molecule has 0 aromatic heterocycles. The Kier molecular flexibility index (Phi) is 5.16. The van der Waals surface area contributed by atoms with Gasteiger partial charge in [0.2, 0.25) is 0 Å². The van der Waals surface area contributed by atoms with Gasteiger partial charge in [0.25, 0.3) is 0 Å². The van der Waals surface area contributed by atoms with E-state index in [1.807, 2.05) is 0 Å². The minimum absolute atomic E-state index is 0.0386. The van der Waals surface area contributed by atoms with Crippen LogP contribution in [0.15, 0.2) is 46.0 Å². The second-order valence-electron chi connectivity index (χ2n) is 4.15. The van der Waals surface area contributed by atoms with Crippen LogP contribution < -0.4 is 9.47 Å². The van der Waals surface area contributed by atoms with E-state index in [0.29, 0.717) is 22.6 Å². The Morgan fingerprint density at radius 2 is 2.10 bits per heavy atom. The predicted octanol–water partition coefficient (Wildman–Crippen LogP) is 3.98. The lowest BCUT2D eigenvalue weighted by atomic mass is 10.2. The van der Waals surface area contributed by atoms with Crippen molar-refractivity contribution in [3.63, 3.8) is 0 Å². The summed E-state index contributed by atoms with van der Waals surface area (Å²) in [6, 6.07) is 9.78. The Morgan fingerprint density at radius 3 is 2.76 bits per heavy atom. The zero-order chi connectivity index (χ0) is 15.2. The highest BCUT2D eigenvalue weighted by Crippen LogP contribution is 2.34. The van der Waals surface area contributed by atoms with Crippen molar-refractivity contribution in [3.05, 3.63) is 57.8 Å². The van der Waals surface area contributed by atoms with E-state index in [1.54, 1.807) is 30.3 Å². The number of hydrogen-bond acceptors (Lipinski definition) is 4. The Hall–Kier alpha value is -2.08. The van der Waals surface area contributed by atoms with Crippen LogP contribution in [0.4, 0.5) is 4.39 Å². The fourth-order valence-electron chi connectivity index (χ4n) is 1.82. The molecule has 4 nitrogen and oxygen atoms in total. The molecule has 0 amide bonds. The molecule has 6 heteroatoms. The fraction of sp³-hybridized carbons (Fsp3) is 0.133. The summed E-state index contributed by atoms with van der Waals surface area (Å²) in [5, 5.41) is 11.7. The molecule has 2 rings (SSSR count). The summed E-state index contributed by atoms with van der Waals surface area (Å²) in [4.78, 5) is 0. The monoisotopic (exact) mass is 353 g/mol. The maximum Gasteiger partial charge on any atom is 0.170 e. The van der Waals surface area contributed by atoms with Crippen molar-refractivity contribution in [2.24, 2.45) is 5.16 Å². The first kappa shape index (κ1) is 15.3. The predicted molar refractivity (Wildman–Crippen MR) is 80.8 cm³/mol. The number of nitrogens with zero attached hydrogens (tertiary/aromatic N) is 1. The molecular weight excluding hydrogens is 341 g/mol. The molecule has 110 valence electrons. The number of halogens is 2. The van der Waals surface area contributed by atoms with Crippen LogP contribution in [0.3, 0.4) is 0 Å².